The van der Waals surface area contributed by atoms with E-state index in [9.17, 15) is 9.18 Å². The van der Waals surface area contributed by atoms with Crippen molar-refractivity contribution < 1.29 is 9.13 Å². The lowest BCUT2D eigenvalue weighted by molar-refractivity contribution is 0.423. The highest BCUT2D eigenvalue weighted by Crippen LogP contribution is 2.25. The third-order valence-corrected chi connectivity index (χ3v) is 5.64. The number of pyridine rings is 1. The van der Waals surface area contributed by atoms with Crippen molar-refractivity contribution in [3.05, 3.63) is 99.9 Å². The second-order valence-corrected chi connectivity index (χ2v) is 8.13. The number of fused-ring (bicyclic) bond motifs is 1. The van der Waals surface area contributed by atoms with Gasteiger partial charge in [0.1, 0.15) is 5.75 Å². The quantitative estimate of drug-likeness (QED) is 0.329. The fourth-order valence-electron chi connectivity index (χ4n) is 3.65. The van der Waals surface area contributed by atoms with Gasteiger partial charge in [0.15, 0.2) is 17.0 Å². The molecule has 0 spiro atoms. The van der Waals surface area contributed by atoms with Gasteiger partial charge in [0, 0.05) is 23.5 Å². The standard InChI is InChI=1S/C25H20ClFN6O2/c1-2-32-15-29-22-21(32)23(34)31-25(33(22)14-16-5-7-17(26)8-6-16)30-18-9-11-19(12-10-18)35-24-20(27)4-3-13-28-24/h3-13,15H,2,14H2,1H3,(H,30,31,34). The van der Waals surface area contributed by atoms with Gasteiger partial charge in [-0.15, -0.1) is 0 Å². The number of hydrogen-bond donors (Lipinski definition) is 1. The summed E-state index contributed by atoms with van der Waals surface area (Å²) < 4.78 is 23.0. The molecule has 176 valence electrons. The molecule has 0 atom stereocenters. The molecule has 2 aromatic carbocycles. The van der Waals surface area contributed by atoms with Crippen molar-refractivity contribution in [2.24, 2.45) is 0 Å². The van der Waals surface area contributed by atoms with E-state index >= 15 is 0 Å². The summed E-state index contributed by atoms with van der Waals surface area (Å²) in [6, 6.07) is 17.0. The number of benzene rings is 2. The third kappa shape index (κ3) is 4.71. The Morgan fingerprint density at radius 3 is 2.54 bits per heavy atom. The van der Waals surface area contributed by atoms with Crippen molar-refractivity contribution in [1.29, 1.82) is 0 Å². The Bertz CT molecular complexity index is 1550. The molecule has 0 fully saturated rings. The topological polar surface area (TPSA) is 86.9 Å². The molecule has 0 aliphatic rings. The van der Waals surface area contributed by atoms with Gasteiger partial charge in [-0.1, -0.05) is 23.7 Å². The highest BCUT2D eigenvalue weighted by Gasteiger charge is 2.16. The number of hydrogen-bond acceptors (Lipinski definition) is 6. The predicted octanol–water partition coefficient (Wildman–Crippen LogP) is 5.38. The smallest absolute Gasteiger partial charge is 0.300 e. The molecule has 0 saturated heterocycles. The second-order valence-electron chi connectivity index (χ2n) is 7.70. The van der Waals surface area contributed by atoms with Crippen LogP contribution in [0.1, 0.15) is 12.5 Å². The van der Waals surface area contributed by atoms with E-state index in [2.05, 4.69) is 20.3 Å². The summed E-state index contributed by atoms with van der Waals surface area (Å²) in [6.07, 6.45) is 3.09. The van der Waals surface area contributed by atoms with E-state index in [0.29, 0.717) is 46.7 Å². The average Bonchev–Trinajstić information content (AvgIpc) is 3.30. The van der Waals surface area contributed by atoms with Crippen molar-refractivity contribution >= 4 is 34.4 Å². The minimum Gasteiger partial charge on any atom is -0.436 e. The number of halogens is 2. The van der Waals surface area contributed by atoms with Gasteiger partial charge in [-0.2, -0.15) is 4.98 Å². The SMILES string of the molecule is CCn1cnc2c1c(=O)nc(Nc1ccc(Oc3ncccc3F)cc1)n2Cc1ccc(Cl)cc1. The second kappa shape index (κ2) is 9.55. The highest BCUT2D eigenvalue weighted by molar-refractivity contribution is 6.30. The summed E-state index contributed by atoms with van der Waals surface area (Å²) in [4.78, 5) is 25.6. The molecule has 10 heteroatoms. The first-order chi connectivity index (χ1) is 17.0. The predicted molar refractivity (Wildman–Crippen MR) is 132 cm³/mol. The Morgan fingerprint density at radius 1 is 1.06 bits per heavy atom. The first-order valence-corrected chi connectivity index (χ1v) is 11.2. The van der Waals surface area contributed by atoms with Crippen LogP contribution in [-0.2, 0) is 13.1 Å². The number of imidazole rings is 1. The van der Waals surface area contributed by atoms with Crippen molar-refractivity contribution in [1.82, 2.24) is 24.1 Å². The zero-order chi connectivity index (χ0) is 24.4. The monoisotopic (exact) mass is 490 g/mol. The molecule has 0 unspecified atom stereocenters. The van der Waals surface area contributed by atoms with Gasteiger partial charge < -0.3 is 14.6 Å². The van der Waals surface area contributed by atoms with Gasteiger partial charge in [0.05, 0.1) is 12.9 Å². The van der Waals surface area contributed by atoms with E-state index in [1.54, 1.807) is 35.2 Å². The molecule has 0 aliphatic heterocycles. The molecule has 35 heavy (non-hydrogen) atoms. The molecule has 0 bridgehead atoms. The lowest BCUT2D eigenvalue weighted by atomic mass is 10.2. The Hall–Kier alpha value is -4.24. The van der Waals surface area contributed by atoms with Crippen LogP contribution < -0.4 is 15.6 Å². The first-order valence-electron chi connectivity index (χ1n) is 10.9. The minimum absolute atomic E-state index is 0.108. The normalized spacial score (nSPS) is 11.1. The van der Waals surface area contributed by atoms with Gasteiger partial charge in [-0.3, -0.25) is 9.36 Å². The Labute approximate surface area is 204 Å². The van der Waals surface area contributed by atoms with Crippen LogP contribution >= 0.6 is 11.6 Å². The molecule has 0 radical (unpaired) electrons. The summed E-state index contributed by atoms with van der Waals surface area (Å²) >= 11 is 6.04. The number of aryl methyl sites for hydroxylation is 1. The van der Waals surface area contributed by atoms with Crippen LogP contribution in [0.2, 0.25) is 5.02 Å². The van der Waals surface area contributed by atoms with Gasteiger partial charge in [-0.25, -0.2) is 14.4 Å². The number of anilines is 2. The lowest BCUT2D eigenvalue weighted by Crippen LogP contribution is -2.20. The van der Waals surface area contributed by atoms with E-state index in [1.165, 1.54) is 18.3 Å². The fourth-order valence-corrected chi connectivity index (χ4v) is 3.77. The first kappa shape index (κ1) is 22.5. The number of nitrogens with zero attached hydrogens (tertiary/aromatic N) is 5. The number of rotatable bonds is 7. The Kier molecular flexibility index (Phi) is 6.15. The van der Waals surface area contributed by atoms with Crippen molar-refractivity contribution in [2.75, 3.05) is 5.32 Å². The Balaban J connectivity index is 1.49. The van der Waals surface area contributed by atoms with Crippen LogP contribution in [0.15, 0.2) is 78.0 Å². The molecule has 0 aliphatic carbocycles. The van der Waals surface area contributed by atoms with Crippen LogP contribution in [-0.4, -0.2) is 24.1 Å². The van der Waals surface area contributed by atoms with Crippen molar-refractivity contribution in [3.8, 4) is 11.6 Å². The van der Waals surface area contributed by atoms with Crippen molar-refractivity contribution in [3.63, 3.8) is 0 Å². The maximum Gasteiger partial charge on any atom is 0.300 e. The molecular formula is C25H20ClFN6O2. The third-order valence-electron chi connectivity index (χ3n) is 5.38. The van der Waals surface area contributed by atoms with Gasteiger partial charge in [-0.05, 0) is 61.0 Å². The zero-order valence-corrected chi connectivity index (χ0v) is 19.4. The van der Waals surface area contributed by atoms with Crippen LogP contribution in [0, 0.1) is 5.82 Å². The molecule has 5 rings (SSSR count). The Morgan fingerprint density at radius 2 is 1.83 bits per heavy atom. The number of nitrogens with one attached hydrogen (secondary N) is 1. The van der Waals surface area contributed by atoms with Crippen LogP contribution in [0.4, 0.5) is 16.0 Å². The van der Waals surface area contributed by atoms with Crippen LogP contribution in [0.3, 0.4) is 0 Å². The summed E-state index contributed by atoms with van der Waals surface area (Å²) in [5.74, 6) is 0.0913. The molecule has 5 aromatic rings. The molecule has 8 nitrogen and oxygen atoms in total. The molecule has 3 heterocycles. The maximum atomic E-state index is 13.8. The summed E-state index contributed by atoms with van der Waals surface area (Å²) in [6.45, 7) is 2.96. The van der Waals surface area contributed by atoms with Gasteiger partial charge in [0.2, 0.25) is 5.95 Å². The summed E-state index contributed by atoms with van der Waals surface area (Å²) in [5, 5.41) is 3.84. The van der Waals surface area contributed by atoms with Crippen LogP contribution in [0.25, 0.3) is 11.2 Å². The lowest BCUT2D eigenvalue weighted by Gasteiger charge is -2.15. The highest BCUT2D eigenvalue weighted by atomic mass is 35.5. The van der Waals surface area contributed by atoms with E-state index in [1.807, 2.05) is 35.8 Å². The maximum absolute atomic E-state index is 13.8. The van der Waals surface area contributed by atoms with E-state index in [-0.39, 0.29) is 11.4 Å². The van der Waals surface area contributed by atoms with Gasteiger partial charge in [0.25, 0.3) is 5.88 Å². The summed E-state index contributed by atoms with van der Waals surface area (Å²) in [5.41, 5.74) is 2.21. The minimum atomic E-state index is -0.551. The molecule has 0 amide bonds. The van der Waals surface area contributed by atoms with E-state index in [4.69, 9.17) is 16.3 Å². The largest absolute Gasteiger partial charge is 0.436 e. The van der Waals surface area contributed by atoms with Crippen molar-refractivity contribution in [2.45, 2.75) is 20.0 Å². The fraction of sp³-hybridized carbons (Fsp3) is 0.120. The zero-order valence-electron chi connectivity index (χ0n) is 18.7. The molecular weight excluding hydrogens is 471 g/mol. The van der Waals surface area contributed by atoms with E-state index < -0.39 is 5.82 Å². The molecule has 1 N–H and O–H groups in total. The molecule has 0 saturated carbocycles. The van der Waals surface area contributed by atoms with E-state index in [0.717, 1.165) is 5.56 Å². The van der Waals surface area contributed by atoms with Gasteiger partial charge >= 0.3 is 5.56 Å². The number of aromatic nitrogens is 5. The summed E-state index contributed by atoms with van der Waals surface area (Å²) in [7, 11) is 0. The molecule has 3 aromatic heterocycles. The number of ether oxygens (including phenoxy) is 1. The van der Waals surface area contributed by atoms with Crippen LogP contribution in [0.5, 0.6) is 11.6 Å². The average molecular weight is 491 g/mol.